The van der Waals surface area contributed by atoms with Gasteiger partial charge in [-0.1, -0.05) is 12.1 Å². The highest BCUT2D eigenvalue weighted by Gasteiger charge is 2.26. The van der Waals surface area contributed by atoms with Crippen molar-refractivity contribution in [2.75, 3.05) is 56.7 Å². The number of ether oxygens (including phenoxy) is 2. The summed E-state index contributed by atoms with van der Waals surface area (Å²) in [6.07, 6.45) is 4.33. The predicted octanol–water partition coefficient (Wildman–Crippen LogP) is 4.45. The maximum atomic E-state index is 5.56. The zero-order chi connectivity index (χ0) is 24.3. The van der Waals surface area contributed by atoms with Crippen molar-refractivity contribution in [2.45, 2.75) is 18.9 Å². The van der Waals surface area contributed by atoms with E-state index in [-0.39, 0.29) is 0 Å². The fraction of sp³-hybridized carbons (Fsp3) is 0.357. The molecule has 0 spiro atoms. The molecule has 1 N–H and O–H groups in total. The van der Waals surface area contributed by atoms with E-state index in [1.165, 1.54) is 18.5 Å². The largest absolute Gasteiger partial charge is 0.496 e. The molecule has 2 aliphatic heterocycles. The summed E-state index contributed by atoms with van der Waals surface area (Å²) in [5.74, 6) is 1.36. The zero-order valence-electron chi connectivity index (χ0n) is 20.6. The number of hydrogen-bond acceptors (Lipinski definition) is 7. The molecule has 1 atom stereocenters. The topological polar surface area (TPSA) is 67.2 Å². The van der Waals surface area contributed by atoms with Crippen molar-refractivity contribution < 1.29 is 9.47 Å². The van der Waals surface area contributed by atoms with Crippen LogP contribution in [0, 0.1) is 0 Å². The maximum absolute atomic E-state index is 5.56. The monoisotopic (exact) mass is 484 g/mol. The van der Waals surface area contributed by atoms with Crippen molar-refractivity contribution in [1.82, 2.24) is 19.5 Å². The number of fused-ring (bicyclic) bond motifs is 1. The number of aromatic nitrogens is 3. The molecular weight excluding hydrogens is 452 g/mol. The van der Waals surface area contributed by atoms with E-state index in [1.54, 1.807) is 7.11 Å². The number of anilines is 3. The normalized spacial score (nSPS) is 18.9. The van der Waals surface area contributed by atoms with Crippen LogP contribution in [0.4, 0.5) is 17.3 Å². The van der Waals surface area contributed by atoms with E-state index in [9.17, 15) is 0 Å². The Labute approximate surface area is 211 Å². The van der Waals surface area contributed by atoms with Crippen LogP contribution in [0.15, 0.2) is 66.9 Å². The van der Waals surface area contributed by atoms with Crippen LogP contribution in [0.25, 0.3) is 16.8 Å². The average molecular weight is 485 g/mol. The van der Waals surface area contributed by atoms with Gasteiger partial charge in [0, 0.05) is 49.2 Å². The van der Waals surface area contributed by atoms with Crippen LogP contribution in [-0.2, 0) is 4.74 Å². The van der Waals surface area contributed by atoms with Crippen molar-refractivity contribution in [3.8, 4) is 17.0 Å². The van der Waals surface area contributed by atoms with Gasteiger partial charge < -0.3 is 19.7 Å². The van der Waals surface area contributed by atoms with E-state index in [2.05, 4.69) is 44.4 Å². The van der Waals surface area contributed by atoms with Gasteiger partial charge in [-0.25, -0.2) is 9.50 Å². The minimum Gasteiger partial charge on any atom is -0.496 e. The molecule has 4 heterocycles. The van der Waals surface area contributed by atoms with Crippen LogP contribution in [0.2, 0.25) is 0 Å². The van der Waals surface area contributed by atoms with Gasteiger partial charge in [0.15, 0.2) is 0 Å². The highest BCUT2D eigenvalue weighted by molar-refractivity contribution is 5.72. The number of rotatable bonds is 6. The smallest absolute Gasteiger partial charge is 0.245 e. The van der Waals surface area contributed by atoms with E-state index < -0.39 is 0 Å². The minimum atomic E-state index is 0.549. The molecule has 8 heteroatoms. The first kappa shape index (κ1) is 22.8. The third-order valence-corrected chi connectivity index (χ3v) is 7.23. The molecule has 2 aromatic heterocycles. The molecule has 2 aromatic carbocycles. The quantitative estimate of drug-likeness (QED) is 0.434. The maximum Gasteiger partial charge on any atom is 0.245 e. The Morgan fingerprint density at radius 3 is 2.64 bits per heavy atom. The summed E-state index contributed by atoms with van der Waals surface area (Å²) < 4.78 is 13.0. The van der Waals surface area contributed by atoms with Gasteiger partial charge in [0.05, 0.1) is 37.7 Å². The Bertz CT molecular complexity index is 1320. The SMILES string of the molecule is COc1ccccc1-c1ccc2cnc(Nc3ccc(N4CCCC(N5CCOCC5)C4)cc3)nn12. The van der Waals surface area contributed by atoms with Gasteiger partial charge in [0.2, 0.25) is 5.95 Å². The Kier molecular flexibility index (Phi) is 6.44. The van der Waals surface area contributed by atoms with Gasteiger partial charge in [-0.2, -0.15) is 0 Å². The summed E-state index contributed by atoms with van der Waals surface area (Å²) in [5.41, 5.74) is 5.11. The standard InChI is InChI=1S/C28H32N6O2/c1-35-27-7-3-2-6-25(27)26-13-12-23-19-29-28(31-34(23)26)30-21-8-10-22(11-9-21)33-14-4-5-24(20-33)32-15-17-36-18-16-32/h2-3,6-13,19,24H,4-5,14-18,20H2,1H3,(H,30,31). The van der Waals surface area contributed by atoms with Gasteiger partial charge in [-0.15, -0.1) is 5.10 Å². The van der Waals surface area contributed by atoms with Crippen molar-refractivity contribution in [3.05, 3.63) is 66.9 Å². The van der Waals surface area contributed by atoms with E-state index in [0.29, 0.717) is 12.0 Å². The summed E-state index contributed by atoms with van der Waals surface area (Å²) in [6.45, 7) is 5.98. The van der Waals surface area contributed by atoms with Gasteiger partial charge >= 0.3 is 0 Å². The van der Waals surface area contributed by atoms with Crippen molar-refractivity contribution in [1.29, 1.82) is 0 Å². The molecule has 6 rings (SSSR count). The molecule has 0 aliphatic carbocycles. The number of hydrogen-bond donors (Lipinski definition) is 1. The molecule has 2 saturated heterocycles. The Morgan fingerprint density at radius 1 is 0.972 bits per heavy atom. The van der Waals surface area contributed by atoms with Crippen molar-refractivity contribution in [3.63, 3.8) is 0 Å². The third-order valence-electron chi connectivity index (χ3n) is 7.23. The van der Waals surface area contributed by atoms with E-state index in [1.807, 2.05) is 47.1 Å². The highest BCUT2D eigenvalue weighted by Crippen LogP contribution is 2.31. The highest BCUT2D eigenvalue weighted by atomic mass is 16.5. The van der Waals surface area contributed by atoms with Gasteiger partial charge in [0.1, 0.15) is 5.75 Å². The first-order chi connectivity index (χ1) is 17.8. The fourth-order valence-electron chi connectivity index (χ4n) is 5.33. The van der Waals surface area contributed by atoms with Gasteiger partial charge in [0.25, 0.3) is 0 Å². The lowest BCUT2D eigenvalue weighted by molar-refractivity contribution is 0.0137. The lowest BCUT2D eigenvalue weighted by Crippen LogP contribution is -2.51. The van der Waals surface area contributed by atoms with Gasteiger partial charge in [-0.3, -0.25) is 4.90 Å². The summed E-state index contributed by atoms with van der Waals surface area (Å²) in [6, 6.07) is 21.3. The summed E-state index contributed by atoms with van der Waals surface area (Å²) >= 11 is 0. The molecule has 4 aromatic rings. The number of nitrogens with zero attached hydrogens (tertiary/aromatic N) is 5. The molecule has 36 heavy (non-hydrogen) atoms. The summed E-state index contributed by atoms with van der Waals surface area (Å²) in [4.78, 5) is 9.63. The Morgan fingerprint density at radius 2 is 1.81 bits per heavy atom. The average Bonchev–Trinajstić information content (AvgIpc) is 3.37. The second-order valence-electron chi connectivity index (χ2n) is 9.40. The molecular formula is C28H32N6O2. The zero-order valence-corrected chi connectivity index (χ0v) is 20.6. The molecule has 186 valence electrons. The fourth-order valence-corrected chi connectivity index (χ4v) is 5.33. The van der Waals surface area contributed by atoms with Crippen LogP contribution >= 0.6 is 0 Å². The van der Waals surface area contributed by atoms with Crippen LogP contribution in [0.3, 0.4) is 0 Å². The lowest BCUT2D eigenvalue weighted by atomic mass is 10.0. The number of methoxy groups -OCH3 is 1. The number of nitrogens with one attached hydrogen (secondary N) is 1. The summed E-state index contributed by atoms with van der Waals surface area (Å²) in [7, 11) is 1.69. The molecule has 0 amide bonds. The van der Waals surface area contributed by atoms with Crippen molar-refractivity contribution >= 4 is 22.8 Å². The van der Waals surface area contributed by atoms with E-state index >= 15 is 0 Å². The number of morpholine rings is 1. The molecule has 1 unspecified atom stereocenters. The lowest BCUT2D eigenvalue weighted by Gasteiger charge is -2.41. The Balaban J connectivity index is 1.18. The van der Waals surface area contributed by atoms with Crippen LogP contribution in [0.5, 0.6) is 5.75 Å². The molecule has 0 bridgehead atoms. The molecule has 2 fully saturated rings. The van der Waals surface area contributed by atoms with Crippen LogP contribution in [-0.4, -0.2) is 72.0 Å². The predicted molar refractivity (Wildman–Crippen MR) is 142 cm³/mol. The van der Waals surface area contributed by atoms with E-state index in [4.69, 9.17) is 14.6 Å². The molecule has 0 radical (unpaired) electrons. The minimum absolute atomic E-state index is 0.549. The molecule has 0 saturated carbocycles. The second-order valence-corrected chi connectivity index (χ2v) is 9.40. The number of benzene rings is 2. The first-order valence-electron chi connectivity index (χ1n) is 12.7. The second kappa shape index (κ2) is 10.2. The first-order valence-corrected chi connectivity index (χ1v) is 12.7. The molecule has 8 nitrogen and oxygen atoms in total. The van der Waals surface area contributed by atoms with E-state index in [0.717, 1.165) is 67.6 Å². The number of para-hydroxylation sites is 1. The Hall–Kier alpha value is -3.62. The van der Waals surface area contributed by atoms with Crippen molar-refractivity contribution in [2.24, 2.45) is 0 Å². The molecule has 2 aliphatic rings. The summed E-state index contributed by atoms with van der Waals surface area (Å²) in [5, 5.41) is 8.14. The van der Waals surface area contributed by atoms with Crippen LogP contribution < -0.4 is 15.0 Å². The van der Waals surface area contributed by atoms with Gasteiger partial charge in [-0.05, 0) is 61.4 Å². The number of piperidine rings is 1. The third kappa shape index (κ3) is 4.62. The van der Waals surface area contributed by atoms with Crippen LogP contribution in [0.1, 0.15) is 12.8 Å².